The van der Waals surface area contributed by atoms with Crippen LogP contribution in [0.15, 0.2) is 17.5 Å². The molecule has 11 heteroatoms. The Morgan fingerprint density at radius 3 is 2.46 bits per heavy atom. The number of piperidine rings is 1. The highest BCUT2D eigenvalue weighted by atomic mass is 32.1. The summed E-state index contributed by atoms with van der Waals surface area (Å²) in [5, 5.41) is 5.77. The molecule has 37 heavy (non-hydrogen) atoms. The number of methoxy groups -OCH3 is 3. The van der Waals surface area contributed by atoms with E-state index in [1.54, 1.807) is 19.2 Å². The second kappa shape index (κ2) is 13.1. The van der Waals surface area contributed by atoms with Crippen LogP contribution in [-0.4, -0.2) is 100 Å². The van der Waals surface area contributed by atoms with E-state index in [1.807, 2.05) is 10.3 Å². The number of ether oxygens (including phenoxy) is 4. The van der Waals surface area contributed by atoms with Crippen LogP contribution < -0.4 is 19.5 Å². The Morgan fingerprint density at radius 1 is 1.05 bits per heavy atom. The average molecular weight is 533 g/mol. The Morgan fingerprint density at radius 2 is 1.78 bits per heavy atom. The zero-order chi connectivity index (χ0) is 26.2. The second-order valence-electron chi connectivity index (χ2n) is 9.08. The van der Waals surface area contributed by atoms with Crippen LogP contribution in [0.3, 0.4) is 0 Å². The number of benzene rings is 1. The zero-order valence-corrected chi connectivity index (χ0v) is 22.6. The molecule has 2 aliphatic heterocycles. The largest absolute Gasteiger partial charge is 0.493 e. The van der Waals surface area contributed by atoms with Gasteiger partial charge in [0.1, 0.15) is 5.69 Å². The van der Waals surface area contributed by atoms with Gasteiger partial charge in [-0.05, 0) is 37.9 Å². The van der Waals surface area contributed by atoms with Crippen LogP contribution in [0.1, 0.15) is 51.0 Å². The van der Waals surface area contributed by atoms with E-state index in [-0.39, 0.29) is 17.7 Å². The van der Waals surface area contributed by atoms with E-state index in [1.165, 1.54) is 25.6 Å². The summed E-state index contributed by atoms with van der Waals surface area (Å²) in [6.07, 6.45) is 2.48. The molecule has 0 radical (unpaired) electrons. The first-order chi connectivity index (χ1) is 18.0. The van der Waals surface area contributed by atoms with Gasteiger partial charge in [0.15, 0.2) is 11.5 Å². The minimum Gasteiger partial charge on any atom is -0.493 e. The van der Waals surface area contributed by atoms with Crippen molar-refractivity contribution in [3.05, 3.63) is 33.8 Å². The summed E-state index contributed by atoms with van der Waals surface area (Å²) in [4.78, 5) is 34.7. The summed E-state index contributed by atoms with van der Waals surface area (Å²) >= 11 is 1.52. The monoisotopic (exact) mass is 532 g/mol. The first kappa shape index (κ1) is 27.2. The van der Waals surface area contributed by atoms with Crippen LogP contribution >= 0.6 is 11.3 Å². The van der Waals surface area contributed by atoms with Gasteiger partial charge in [0.05, 0.1) is 45.1 Å². The lowest BCUT2D eigenvalue weighted by Crippen LogP contribution is -2.38. The van der Waals surface area contributed by atoms with Crippen molar-refractivity contribution in [2.45, 2.75) is 25.2 Å². The molecule has 0 unspecified atom stereocenters. The van der Waals surface area contributed by atoms with Crippen molar-refractivity contribution >= 4 is 23.2 Å². The molecular formula is C26H36N4O6S. The molecule has 1 N–H and O–H groups in total. The highest BCUT2D eigenvalue weighted by Crippen LogP contribution is 2.40. The van der Waals surface area contributed by atoms with Gasteiger partial charge >= 0.3 is 0 Å². The first-order valence-electron chi connectivity index (χ1n) is 12.7. The van der Waals surface area contributed by atoms with Gasteiger partial charge < -0.3 is 29.2 Å². The Balaban J connectivity index is 1.28. The van der Waals surface area contributed by atoms with Crippen molar-refractivity contribution in [1.82, 2.24) is 20.1 Å². The van der Waals surface area contributed by atoms with Crippen molar-refractivity contribution < 1.29 is 28.5 Å². The number of thiazole rings is 1. The Labute approximate surface area is 221 Å². The Kier molecular flexibility index (Phi) is 9.59. The average Bonchev–Trinajstić information content (AvgIpc) is 3.45. The van der Waals surface area contributed by atoms with Crippen LogP contribution in [0.2, 0.25) is 0 Å². The summed E-state index contributed by atoms with van der Waals surface area (Å²) in [5.41, 5.74) is 0.917. The highest BCUT2D eigenvalue weighted by Gasteiger charge is 2.30. The van der Waals surface area contributed by atoms with Crippen molar-refractivity contribution in [3.63, 3.8) is 0 Å². The number of carbonyl (C=O) groups is 2. The van der Waals surface area contributed by atoms with Gasteiger partial charge in [-0.1, -0.05) is 0 Å². The van der Waals surface area contributed by atoms with Crippen LogP contribution in [0, 0.1) is 0 Å². The van der Waals surface area contributed by atoms with Crippen molar-refractivity contribution in [2.75, 3.05) is 73.8 Å². The molecule has 0 spiro atoms. The summed E-state index contributed by atoms with van der Waals surface area (Å²) in [5.74, 6) is 1.28. The lowest BCUT2D eigenvalue weighted by molar-refractivity contribution is 0.0374. The van der Waals surface area contributed by atoms with Crippen molar-refractivity contribution in [2.24, 2.45) is 0 Å². The lowest BCUT2D eigenvalue weighted by Gasteiger charge is -2.31. The van der Waals surface area contributed by atoms with Gasteiger partial charge in [0.25, 0.3) is 11.8 Å². The van der Waals surface area contributed by atoms with Crippen LogP contribution in [-0.2, 0) is 4.74 Å². The standard InChI is InChI=1S/C26H36N4O6S/c1-33-21-6-5-19(22(34-2)23(21)35-3)26(32)30-11-7-18(8-12-30)25-28-20(17-37-25)24(31)27-9-4-10-29-13-15-36-16-14-29/h5-6,17-18H,4,7-16H2,1-3H3,(H,27,31). The molecule has 2 aliphatic rings. The van der Waals surface area contributed by atoms with E-state index < -0.39 is 0 Å². The van der Waals surface area contributed by atoms with E-state index in [2.05, 4.69) is 15.2 Å². The van der Waals surface area contributed by atoms with Gasteiger partial charge in [-0.15, -0.1) is 11.3 Å². The number of nitrogens with one attached hydrogen (secondary N) is 1. The minimum atomic E-state index is -0.127. The van der Waals surface area contributed by atoms with Crippen LogP contribution in [0.25, 0.3) is 0 Å². The molecule has 1 aromatic heterocycles. The maximum Gasteiger partial charge on any atom is 0.270 e. The third-order valence-electron chi connectivity index (χ3n) is 6.86. The molecule has 2 amide bonds. The number of likely N-dealkylation sites (tertiary alicyclic amines) is 1. The predicted octanol–water partition coefficient (Wildman–Crippen LogP) is 2.64. The molecule has 2 aromatic rings. The van der Waals surface area contributed by atoms with Crippen molar-refractivity contribution in [1.29, 1.82) is 0 Å². The number of carbonyl (C=O) groups excluding carboxylic acids is 2. The van der Waals surface area contributed by atoms with E-state index in [9.17, 15) is 9.59 Å². The second-order valence-corrected chi connectivity index (χ2v) is 9.97. The number of morpholine rings is 1. The van der Waals surface area contributed by atoms with E-state index in [4.69, 9.17) is 18.9 Å². The van der Waals surface area contributed by atoms with Gasteiger partial charge in [-0.3, -0.25) is 14.5 Å². The van der Waals surface area contributed by atoms with Crippen LogP contribution in [0.4, 0.5) is 0 Å². The summed E-state index contributed by atoms with van der Waals surface area (Å²) < 4.78 is 21.6. The fourth-order valence-electron chi connectivity index (χ4n) is 4.77. The van der Waals surface area contributed by atoms with E-state index >= 15 is 0 Å². The predicted molar refractivity (Wildman–Crippen MR) is 140 cm³/mol. The van der Waals surface area contributed by atoms with Gasteiger partial charge in [-0.2, -0.15) is 0 Å². The number of hydrogen-bond donors (Lipinski definition) is 1. The van der Waals surface area contributed by atoms with E-state index in [0.717, 1.165) is 57.1 Å². The van der Waals surface area contributed by atoms with Gasteiger partial charge in [0, 0.05) is 44.0 Å². The third-order valence-corrected chi connectivity index (χ3v) is 7.87. The maximum absolute atomic E-state index is 13.3. The summed E-state index contributed by atoms with van der Waals surface area (Å²) in [6, 6.07) is 3.42. The summed E-state index contributed by atoms with van der Waals surface area (Å²) in [6.45, 7) is 6.26. The normalized spacial score (nSPS) is 16.9. The zero-order valence-electron chi connectivity index (χ0n) is 21.8. The first-order valence-corrected chi connectivity index (χ1v) is 13.6. The SMILES string of the molecule is COc1ccc(C(=O)N2CCC(c3nc(C(=O)NCCCN4CCOCC4)cs3)CC2)c(OC)c1OC. The molecule has 2 saturated heterocycles. The minimum absolute atomic E-state index is 0.104. The number of nitrogens with zero attached hydrogens (tertiary/aromatic N) is 3. The third kappa shape index (κ3) is 6.52. The summed E-state index contributed by atoms with van der Waals surface area (Å²) in [7, 11) is 4.58. The number of rotatable bonds is 10. The highest BCUT2D eigenvalue weighted by molar-refractivity contribution is 7.09. The van der Waals surface area contributed by atoms with Gasteiger partial charge in [0.2, 0.25) is 5.75 Å². The molecule has 0 aliphatic carbocycles. The molecule has 0 saturated carbocycles. The van der Waals surface area contributed by atoms with Crippen molar-refractivity contribution in [3.8, 4) is 17.2 Å². The molecule has 4 rings (SSSR count). The molecule has 2 fully saturated rings. The van der Waals surface area contributed by atoms with Gasteiger partial charge in [-0.25, -0.2) is 4.98 Å². The molecule has 10 nitrogen and oxygen atoms in total. The lowest BCUT2D eigenvalue weighted by atomic mass is 9.97. The van der Waals surface area contributed by atoms with Crippen LogP contribution in [0.5, 0.6) is 17.2 Å². The number of hydrogen-bond acceptors (Lipinski definition) is 9. The maximum atomic E-state index is 13.3. The topological polar surface area (TPSA) is 102 Å². The molecule has 202 valence electrons. The molecule has 3 heterocycles. The fourth-order valence-corrected chi connectivity index (χ4v) is 5.74. The number of aromatic nitrogens is 1. The quantitative estimate of drug-likeness (QED) is 0.466. The molecule has 1 aromatic carbocycles. The Hall–Kier alpha value is -2.89. The molecular weight excluding hydrogens is 496 g/mol. The fraction of sp³-hybridized carbons (Fsp3) is 0.577. The molecule has 0 bridgehead atoms. The number of amides is 2. The smallest absolute Gasteiger partial charge is 0.270 e. The Bertz CT molecular complexity index is 1060. The van der Waals surface area contributed by atoms with E-state index in [0.29, 0.717) is 48.1 Å². The molecule has 0 atom stereocenters.